The number of rotatable bonds is 3. The highest BCUT2D eigenvalue weighted by atomic mass is 15.2. The van der Waals surface area contributed by atoms with Crippen LogP contribution in [0.4, 0.5) is 11.5 Å². The topological polar surface area (TPSA) is 65.9 Å². The van der Waals surface area contributed by atoms with Gasteiger partial charge in [0.05, 0.1) is 11.3 Å². The lowest BCUT2D eigenvalue weighted by molar-refractivity contribution is 0.301. The van der Waals surface area contributed by atoms with Crippen molar-refractivity contribution in [3.8, 4) is 6.07 Å². The van der Waals surface area contributed by atoms with Crippen LogP contribution in [0.15, 0.2) is 12.3 Å². The van der Waals surface area contributed by atoms with Crippen molar-refractivity contribution < 1.29 is 0 Å². The first-order chi connectivity index (χ1) is 8.64. The van der Waals surface area contributed by atoms with Crippen LogP contribution in [0, 0.1) is 16.7 Å². The minimum absolute atomic E-state index is 0.405. The monoisotopic (exact) mass is 244 g/mol. The van der Waals surface area contributed by atoms with E-state index in [1.54, 1.807) is 12.3 Å². The molecule has 2 heterocycles. The first-order valence-corrected chi connectivity index (χ1v) is 6.54. The molecule has 4 nitrogen and oxygen atoms in total. The fraction of sp³-hybridized carbons (Fsp3) is 0.571. The zero-order valence-corrected chi connectivity index (χ0v) is 11.1. The molecule has 0 radical (unpaired) electrons. The van der Waals surface area contributed by atoms with Gasteiger partial charge in [-0.15, -0.1) is 0 Å². The van der Waals surface area contributed by atoms with Crippen LogP contribution in [0.3, 0.4) is 0 Å². The van der Waals surface area contributed by atoms with Gasteiger partial charge in [-0.2, -0.15) is 5.26 Å². The summed E-state index contributed by atoms with van der Waals surface area (Å²) in [6.07, 6.45) is 5.18. The predicted molar refractivity (Wildman–Crippen MR) is 73.2 cm³/mol. The summed E-state index contributed by atoms with van der Waals surface area (Å²) in [5.41, 5.74) is 7.53. The average Bonchev–Trinajstić information content (AvgIpc) is 2.83. The highest BCUT2D eigenvalue weighted by molar-refractivity contribution is 5.65. The molecule has 0 aliphatic carbocycles. The van der Waals surface area contributed by atoms with Crippen LogP contribution >= 0.6 is 0 Å². The molecular weight excluding hydrogens is 224 g/mol. The molecule has 0 atom stereocenters. The van der Waals surface area contributed by atoms with Gasteiger partial charge in [0.2, 0.25) is 0 Å². The van der Waals surface area contributed by atoms with E-state index in [4.69, 9.17) is 11.0 Å². The zero-order chi connectivity index (χ0) is 13.2. The summed E-state index contributed by atoms with van der Waals surface area (Å²) in [7, 11) is 0. The van der Waals surface area contributed by atoms with E-state index < -0.39 is 0 Å². The Morgan fingerprint density at radius 1 is 1.50 bits per heavy atom. The van der Waals surface area contributed by atoms with E-state index in [9.17, 15) is 0 Å². The molecule has 1 fully saturated rings. The van der Waals surface area contributed by atoms with Crippen molar-refractivity contribution in [2.45, 2.75) is 33.1 Å². The van der Waals surface area contributed by atoms with Gasteiger partial charge in [-0.1, -0.05) is 13.8 Å². The summed E-state index contributed by atoms with van der Waals surface area (Å²) < 4.78 is 0. The lowest BCUT2D eigenvalue weighted by atomic mass is 9.82. The number of nitriles is 1. The molecule has 18 heavy (non-hydrogen) atoms. The van der Waals surface area contributed by atoms with E-state index in [2.05, 4.69) is 29.8 Å². The predicted octanol–water partition coefficient (Wildman–Crippen LogP) is 2.55. The molecule has 0 bridgehead atoms. The van der Waals surface area contributed by atoms with Crippen molar-refractivity contribution >= 4 is 11.5 Å². The largest absolute Gasteiger partial charge is 0.396 e. The second-order valence-electron chi connectivity index (χ2n) is 5.13. The molecule has 1 aromatic heterocycles. The van der Waals surface area contributed by atoms with Crippen molar-refractivity contribution in [3.05, 3.63) is 17.8 Å². The third kappa shape index (κ3) is 2.13. The molecule has 0 unspecified atom stereocenters. The number of hydrogen-bond donors (Lipinski definition) is 1. The smallest absolute Gasteiger partial charge is 0.151 e. The van der Waals surface area contributed by atoms with Crippen molar-refractivity contribution in [3.63, 3.8) is 0 Å². The molecule has 1 aromatic rings. The van der Waals surface area contributed by atoms with E-state index in [0.29, 0.717) is 16.7 Å². The minimum atomic E-state index is 0.405. The van der Waals surface area contributed by atoms with Gasteiger partial charge >= 0.3 is 0 Å². The number of pyridine rings is 1. The van der Waals surface area contributed by atoms with Gasteiger partial charge in [0.1, 0.15) is 6.07 Å². The number of anilines is 2. The van der Waals surface area contributed by atoms with Crippen LogP contribution in [0.2, 0.25) is 0 Å². The highest BCUT2D eigenvalue weighted by Crippen LogP contribution is 2.39. The number of nitrogens with zero attached hydrogens (tertiary/aromatic N) is 3. The standard InChI is InChI=1S/C14H20N4/c1-3-14(4-2)5-6-18(10-14)13-12(16)7-11(8-15)9-17-13/h7,9H,3-6,10,16H2,1-2H3. The average molecular weight is 244 g/mol. The summed E-state index contributed by atoms with van der Waals surface area (Å²) in [6.45, 7) is 6.53. The Bertz CT molecular complexity index is 471. The number of aromatic nitrogens is 1. The fourth-order valence-corrected chi connectivity index (χ4v) is 2.74. The lowest BCUT2D eigenvalue weighted by Gasteiger charge is -2.27. The Balaban J connectivity index is 2.22. The highest BCUT2D eigenvalue weighted by Gasteiger charge is 2.35. The van der Waals surface area contributed by atoms with Gasteiger partial charge in [-0.25, -0.2) is 4.98 Å². The molecule has 1 aliphatic rings. The summed E-state index contributed by atoms with van der Waals surface area (Å²) in [5, 5.41) is 8.82. The van der Waals surface area contributed by atoms with E-state index in [1.807, 2.05) is 0 Å². The number of nitrogens with two attached hydrogens (primary N) is 1. The molecule has 0 amide bonds. The second kappa shape index (κ2) is 4.85. The number of nitrogen functional groups attached to an aromatic ring is 1. The molecule has 2 N–H and O–H groups in total. The maximum absolute atomic E-state index is 8.82. The second-order valence-corrected chi connectivity index (χ2v) is 5.13. The van der Waals surface area contributed by atoms with Crippen LogP contribution in [0.25, 0.3) is 0 Å². The molecular formula is C14H20N4. The summed E-state index contributed by atoms with van der Waals surface area (Å²) in [6, 6.07) is 3.77. The van der Waals surface area contributed by atoms with Crippen molar-refractivity contribution in [2.24, 2.45) is 5.41 Å². The third-order valence-electron chi connectivity index (χ3n) is 4.26. The minimum Gasteiger partial charge on any atom is -0.396 e. The van der Waals surface area contributed by atoms with E-state index >= 15 is 0 Å². The zero-order valence-electron chi connectivity index (χ0n) is 11.1. The maximum atomic E-state index is 8.82. The third-order valence-corrected chi connectivity index (χ3v) is 4.26. The quantitative estimate of drug-likeness (QED) is 0.887. The number of hydrogen-bond acceptors (Lipinski definition) is 4. The van der Waals surface area contributed by atoms with Crippen LogP contribution in [-0.4, -0.2) is 18.1 Å². The van der Waals surface area contributed by atoms with Gasteiger partial charge < -0.3 is 10.6 Å². The van der Waals surface area contributed by atoms with Crippen molar-refractivity contribution in [2.75, 3.05) is 23.7 Å². The Labute approximate surface area is 108 Å². The Hall–Kier alpha value is -1.76. The summed E-state index contributed by atoms with van der Waals surface area (Å²) in [5.74, 6) is 0.831. The molecule has 0 saturated carbocycles. The Morgan fingerprint density at radius 2 is 2.22 bits per heavy atom. The van der Waals surface area contributed by atoms with Gasteiger partial charge in [0, 0.05) is 19.3 Å². The van der Waals surface area contributed by atoms with Crippen LogP contribution in [-0.2, 0) is 0 Å². The first kappa shape index (κ1) is 12.7. The molecule has 0 aromatic carbocycles. The molecule has 1 saturated heterocycles. The van der Waals surface area contributed by atoms with E-state index in [0.717, 1.165) is 18.9 Å². The summed E-state index contributed by atoms with van der Waals surface area (Å²) in [4.78, 5) is 6.60. The normalized spacial score (nSPS) is 17.7. The molecule has 0 spiro atoms. The first-order valence-electron chi connectivity index (χ1n) is 6.54. The SMILES string of the molecule is CCC1(CC)CCN(c2ncc(C#N)cc2N)C1. The molecule has 96 valence electrons. The Kier molecular flexibility index (Phi) is 3.42. The Morgan fingerprint density at radius 3 is 2.72 bits per heavy atom. The lowest BCUT2D eigenvalue weighted by Crippen LogP contribution is -2.27. The van der Waals surface area contributed by atoms with Gasteiger partial charge in [0.15, 0.2) is 5.82 Å². The van der Waals surface area contributed by atoms with Gasteiger partial charge in [-0.05, 0) is 30.7 Å². The van der Waals surface area contributed by atoms with Crippen LogP contribution < -0.4 is 10.6 Å². The maximum Gasteiger partial charge on any atom is 0.151 e. The molecule has 4 heteroatoms. The van der Waals surface area contributed by atoms with Crippen molar-refractivity contribution in [1.82, 2.24) is 4.98 Å². The van der Waals surface area contributed by atoms with Crippen LogP contribution in [0.1, 0.15) is 38.7 Å². The summed E-state index contributed by atoms with van der Waals surface area (Å²) >= 11 is 0. The molecule has 1 aliphatic heterocycles. The van der Waals surface area contributed by atoms with Gasteiger partial charge in [0.25, 0.3) is 0 Å². The van der Waals surface area contributed by atoms with Gasteiger partial charge in [-0.3, -0.25) is 0 Å². The molecule has 2 rings (SSSR count). The van der Waals surface area contributed by atoms with E-state index in [-0.39, 0.29) is 0 Å². The van der Waals surface area contributed by atoms with Crippen LogP contribution in [0.5, 0.6) is 0 Å². The van der Waals surface area contributed by atoms with E-state index in [1.165, 1.54) is 19.3 Å². The van der Waals surface area contributed by atoms with Crippen molar-refractivity contribution in [1.29, 1.82) is 5.26 Å². The fourth-order valence-electron chi connectivity index (χ4n) is 2.74.